The Morgan fingerprint density at radius 3 is 2.91 bits per heavy atom. The molecule has 11 heavy (non-hydrogen) atoms. The Morgan fingerprint density at radius 1 is 1.82 bits per heavy atom. The van der Waals surface area contributed by atoms with E-state index in [1.54, 1.807) is 7.05 Å². The zero-order valence-electron chi connectivity index (χ0n) is 6.50. The van der Waals surface area contributed by atoms with E-state index in [4.69, 9.17) is 5.11 Å². The highest BCUT2D eigenvalue weighted by Crippen LogP contribution is 2.10. The highest BCUT2D eigenvalue weighted by atomic mass is 16.4. The van der Waals surface area contributed by atoms with E-state index in [2.05, 4.69) is 10.3 Å². The number of hydrogen-bond donors (Lipinski definition) is 2. The summed E-state index contributed by atoms with van der Waals surface area (Å²) in [5.74, 6) is -0.0318. The van der Waals surface area contributed by atoms with Crippen LogP contribution in [0.15, 0.2) is 4.99 Å². The number of carbonyl (C=O) groups is 1. The molecule has 1 rings (SSSR count). The molecule has 4 nitrogen and oxygen atoms in total. The molecular weight excluding hydrogens is 144 g/mol. The number of carboxylic acid groups (broad SMARTS) is 1. The van der Waals surface area contributed by atoms with Gasteiger partial charge >= 0.3 is 5.97 Å². The van der Waals surface area contributed by atoms with E-state index >= 15 is 0 Å². The first kappa shape index (κ1) is 8.04. The van der Waals surface area contributed by atoms with E-state index in [1.165, 1.54) is 0 Å². The summed E-state index contributed by atoms with van der Waals surface area (Å²) < 4.78 is 0. The number of nitrogens with one attached hydrogen (secondary N) is 1. The summed E-state index contributed by atoms with van der Waals surface area (Å²) in [6.45, 7) is 0.516. The lowest BCUT2D eigenvalue weighted by atomic mass is 9.99. The zero-order valence-corrected chi connectivity index (χ0v) is 6.50. The molecule has 0 spiro atoms. The minimum absolute atomic E-state index is 0.236. The first-order chi connectivity index (χ1) is 5.24. The third-order valence-electron chi connectivity index (χ3n) is 1.90. The fourth-order valence-corrected chi connectivity index (χ4v) is 1.14. The summed E-state index contributed by atoms with van der Waals surface area (Å²) in [7, 11) is 1.71. The van der Waals surface area contributed by atoms with Crippen LogP contribution in [-0.4, -0.2) is 30.5 Å². The second kappa shape index (κ2) is 3.37. The first-order valence-corrected chi connectivity index (χ1v) is 3.66. The molecule has 0 bridgehead atoms. The van der Waals surface area contributed by atoms with Crippen molar-refractivity contribution in [3.05, 3.63) is 0 Å². The van der Waals surface area contributed by atoms with E-state index in [0.717, 1.165) is 12.3 Å². The fourth-order valence-electron chi connectivity index (χ4n) is 1.14. The Hall–Kier alpha value is -1.06. The number of piperidine rings is 1. The Kier molecular flexibility index (Phi) is 2.46. The van der Waals surface area contributed by atoms with Crippen LogP contribution < -0.4 is 5.32 Å². The van der Waals surface area contributed by atoms with Crippen molar-refractivity contribution < 1.29 is 9.90 Å². The maximum atomic E-state index is 10.5. The molecular formula is C7H12N2O2. The third kappa shape index (κ3) is 1.93. The van der Waals surface area contributed by atoms with E-state index in [9.17, 15) is 4.79 Å². The average Bonchev–Trinajstić information content (AvgIpc) is 2.05. The molecule has 0 saturated carbocycles. The van der Waals surface area contributed by atoms with Crippen LogP contribution in [0, 0.1) is 5.92 Å². The lowest BCUT2D eigenvalue weighted by Crippen LogP contribution is -2.38. The van der Waals surface area contributed by atoms with Crippen LogP contribution in [0.2, 0.25) is 0 Å². The van der Waals surface area contributed by atoms with Crippen LogP contribution in [-0.2, 0) is 4.79 Å². The molecule has 0 amide bonds. The average molecular weight is 156 g/mol. The minimum atomic E-state index is -0.715. The van der Waals surface area contributed by atoms with Gasteiger partial charge in [-0.2, -0.15) is 0 Å². The molecule has 2 N–H and O–H groups in total. The largest absolute Gasteiger partial charge is 0.481 e. The number of carboxylic acids is 1. The van der Waals surface area contributed by atoms with Crippen molar-refractivity contribution in [1.29, 1.82) is 0 Å². The molecule has 1 unspecified atom stereocenters. The fraction of sp³-hybridized carbons (Fsp3) is 0.714. The number of aliphatic carboxylic acids is 1. The smallest absolute Gasteiger partial charge is 0.308 e. The maximum absolute atomic E-state index is 10.5. The van der Waals surface area contributed by atoms with Crippen molar-refractivity contribution in [1.82, 2.24) is 5.32 Å². The van der Waals surface area contributed by atoms with Gasteiger partial charge < -0.3 is 10.4 Å². The minimum Gasteiger partial charge on any atom is -0.481 e. The van der Waals surface area contributed by atoms with Crippen LogP contribution in [0.4, 0.5) is 0 Å². The Bertz CT molecular complexity index is 179. The quantitative estimate of drug-likeness (QED) is 0.566. The first-order valence-electron chi connectivity index (χ1n) is 3.66. The van der Waals surface area contributed by atoms with Gasteiger partial charge in [0.25, 0.3) is 0 Å². The Balaban J connectivity index is 2.42. The van der Waals surface area contributed by atoms with Gasteiger partial charge in [0.05, 0.1) is 11.8 Å². The summed E-state index contributed by atoms with van der Waals surface area (Å²) >= 11 is 0. The van der Waals surface area contributed by atoms with Gasteiger partial charge in [-0.1, -0.05) is 0 Å². The van der Waals surface area contributed by atoms with Crippen LogP contribution in [0.1, 0.15) is 12.8 Å². The lowest BCUT2D eigenvalue weighted by molar-refractivity contribution is -0.141. The van der Waals surface area contributed by atoms with E-state index in [-0.39, 0.29) is 5.92 Å². The predicted octanol–water partition coefficient (Wildman–Crippen LogP) is 0.0989. The molecule has 1 fully saturated rings. The standard InChI is InChI=1S/C7H12N2O2/c1-8-6-3-2-5(4-9-6)7(10)11/h5H,2-4H2,1H3,(H,8,9)(H,10,11). The van der Waals surface area contributed by atoms with Crippen LogP contribution >= 0.6 is 0 Å². The maximum Gasteiger partial charge on any atom is 0.308 e. The number of amidine groups is 1. The van der Waals surface area contributed by atoms with Gasteiger partial charge in [-0.05, 0) is 6.42 Å². The van der Waals surface area contributed by atoms with E-state index in [0.29, 0.717) is 13.0 Å². The topological polar surface area (TPSA) is 61.7 Å². The number of aliphatic imine (C=N–C) groups is 1. The normalized spacial score (nSPS) is 28.1. The zero-order chi connectivity index (χ0) is 8.27. The molecule has 1 aliphatic rings. The highest BCUT2D eigenvalue weighted by molar-refractivity contribution is 5.84. The van der Waals surface area contributed by atoms with Crippen molar-refractivity contribution in [2.24, 2.45) is 10.9 Å². The van der Waals surface area contributed by atoms with Crippen LogP contribution in [0.5, 0.6) is 0 Å². The SMILES string of the molecule is CN=C1CCC(C(=O)O)CN1. The molecule has 0 aromatic rings. The van der Waals surface area contributed by atoms with Gasteiger partial charge in [-0.15, -0.1) is 0 Å². The summed E-state index contributed by atoms with van der Waals surface area (Å²) in [6, 6.07) is 0. The number of hydrogen-bond acceptors (Lipinski definition) is 2. The van der Waals surface area contributed by atoms with Gasteiger partial charge in [0.1, 0.15) is 0 Å². The highest BCUT2D eigenvalue weighted by Gasteiger charge is 2.22. The van der Waals surface area contributed by atoms with Gasteiger partial charge in [-0.3, -0.25) is 9.79 Å². The molecule has 1 atom stereocenters. The lowest BCUT2D eigenvalue weighted by Gasteiger charge is -2.20. The molecule has 0 aromatic carbocycles. The molecule has 4 heteroatoms. The molecule has 0 aliphatic carbocycles. The molecule has 62 valence electrons. The van der Waals surface area contributed by atoms with Crippen LogP contribution in [0.3, 0.4) is 0 Å². The van der Waals surface area contributed by atoms with Crippen molar-refractivity contribution >= 4 is 11.8 Å². The van der Waals surface area contributed by atoms with Crippen molar-refractivity contribution in [3.8, 4) is 0 Å². The summed E-state index contributed by atoms with van der Waals surface area (Å²) in [4.78, 5) is 14.4. The van der Waals surface area contributed by atoms with E-state index < -0.39 is 5.97 Å². The predicted molar refractivity (Wildman–Crippen MR) is 41.7 cm³/mol. The van der Waals surface area contributed by atoms with Crippen molar-refractivity contribution in [2.75, 3.05) is 13.6 Å². The van der Waals surface area contributed by atoms with Gasteiger partial charge in [0, 0.05) is 20.0 Å². The van der Waals surface area contributed by atoms with Gasteiger partial charge in [0.15, 0.2) is 0 Å². The third-order valence-corrected chi connectivity index (χ3v) is 1.90. The Morgan fingerprint density at radius 2 is 2.55 bits per heavy atom. The van der Waals surface area contributed by atoms with Crippen molar-refractivity contribution in [2.45, 2.75) is 12.8 Å². The monoisotopic (exact) mass is 156 g/mol. The molecule has 1 heterocycles. The Labute approximate surface area is 65.3 Å². The summed E-state index contributed by atoms with van der Waals surface area (Å²) in [5.41, 5.74) is 0. The number of nitrogens with zero attached hydrogens (tertiary/aromatic N) is 1. The van der Waals surface area contributed by atoms with Crippen molar-refractivity contribution in [3.63, 3.8) is 0 Å². The molecule has 1 saturated heterocycles. The molecule has 0 radical (unpaired) electrons. The summed E-state index contributed by atoms with van der Waals surface area (Å²) in [5, 5.41) is 11.6. The van der Waals surface area contributed by atoms with E-state index in [1.807, 2.05) is 0 Å². The summed E-state index contributed by atoms with van der Waals surface area (Å²) in [6.07, 6.45) is 1.46. The van der Waals surface area contributed by atoms with Crippen LogP contribution in [0.25, 0.3) is 0 Å². The molecule has 1 aliphatic heterocycles. The second-order valence-corrected chi connectivity index (χ2v) is 2.63. The second-order valence-electron chi connectivity index (χ2n) is 2.63. The van der Waals surface area contributed by atoms with Gasteiger partial charge in [-0.25, -0.2) is 0 Å². The van der Waals surface area contributed by atoms with Gasteiger partial charge in [0.2, 0.25) is 0 Å². The number of rotatable bonds is 1. The molecule has 0 aromatic heterocycles.